The normalized spacial score (nSPS) is 24.7. The largest absolute Gasteiger partial charge is 0.474 e. The van der Waals surface area contributed by atoms with Gasteiger partial charge in [-0.1, -0.05) is 36.7 Å². The zero-order chi connectivity index (χ0) is 8.48. The fraction of sp³-hybridized carbons (Fsp3) is 0.875. The van der Waals surface area contributed by atoms with Crippen LogP contribution in [0.2, 0.25) is 0 Å². The minimum Gasteiger partial charge on any atom is -0.474 e. The Bertz CT molecular complexity index is 171. The van der Waals surface area contributed by atoms with Gasteiger partial charge < -0.3 is 4.74 Å². The summed E-state index contributed by atoms with van der Waals surface area (Å²) in [5, 5.41) is 0.871. The van der Waals surface area contributed by atoms with E-state index in [-0.39, 0.29) is 11.5 Å². The molecule has 0 aliphatic carbocycles. The predicted octanol–water partition coefficient (Wildman–Crippen LogP) is 2.22. The van der Waals surface area contributed by atoms with Crippen LogP contribution in [0.1, 0.15) is 20.8 Å². The van der Waals surface area contributed by atoms with Gasteiger partial charge in [0.2, 0.25) is 0 Å². The molecular weight excluding hydrogens is 206 g/mol. The van der Waals surface area contributed by atoms with Crippen molar-refractivity contribution in [3.8, 4) is 0 Å². The van der Waals surface area contributed by atoms with E-state index in [1.165, 1.54) is 0 Å². The molecule has 0 aromatic carbocycles. The highest BCUT2D eigenvalue weighted by Gasteiger charge is 2.28. The Balaban J connectivity index is 2.53. The monoisotopic (exact) mass is 219 g/mol. The molecule has 0 N–H and O–H groups in total. The first-order chi connectivity index (χ1) is 5.04. The van der Waals surface area contributed by atoms with Crippen LogP contribution >= 0.6 is 15.9 Å². The van der Waals surface area contributed by atoms with Gasteiger partial charge in [0.15, 0.2) is 5.90 Å². The van der Waals surface area contributed by atoms with E-state index in [1.807, 2.05) is 0 Å². The summed E-state index contributed by atoms with van der Waals surface area (Å²) in [4.78, 5) is 4.32. The summed E-state index contributed by atoms with van der Waals surface area (Å²) in [6.45, 7) is 7.14. The molecule has 11 heavy (non-hydrogen) atoms. The fourth-order valence-corrected chi connectivity index (χ4v) is 1.25. The molecule has 0 radical (unpaired) electrons. The van der Waals surface area contributed by atoms with Crippen molar-refractivity contribution in [1.82, 2.24) is 0 Å². The van der Waals surface area contributed by atoms with Gasteiger partial charge in [-0.05, 0) is 0 Å². The molecule has 0 spiro atoms. The fourth-order valence-electron chi connectivity index (χ4n) is 0.911. The molecule has 0 aromatic rings. The lowest BCUT2D eigenvalue weighted by molar-refractivity contribution is 0.223. The second kappa shape index (κ2) is 3.13. The molecule has 1 atom stereocenters. The van der Waals surface area contributed by atoms with E-state index in [0.29, 0.717) is 0 Å². The summed E-state index contributed by atoms with van der Waals surface area (Å²) in [6.07, 6.45) is 0.254. The smallest absolute Gasteiger partial charge is 0.189 e. The minimum atomic E-state index is 0.0664. The van der Waals surface area contributed by atoms with E-state index < -0.39 is 0 Å². The third-order valence-electron chi connectivity index (χ3n) is 1.53. The molecule has 2 nitrogen and oxygen atoms in total. The molecular formula is C8H14BrNO. The molecule has 64 valence electrons. The van der Waals surface area contributed by atoms with Crippen LogP contribution in [0.25, 0.3) is 0 Å². The average molecular weight is 220 g/mol. The summed E-state index contributed by atoms with van der Waals surface area (Å²) in [6, 6.07) is 0. The third-order valence-corrected chi connectivity index (χ3v) is 2.25. The number of halogens is 1. The highest BCUT2D eigenvalue weighted by atomic mass is 79.9. The second-order valence-electron chi connectivity index (χ2n) is 3.79. The zero-order valence-corrected chi connectivity index (χ0v) is 8.81. The Kier molecular flexibility index (Phi) is 2.58. The molecule has 0 saturated carbocycles. The number of aliphatic imine (C=N–C) groups is 1. The van der Waals surface area contributed by atoms with Gasteiger partial charge in [-0.2, -0.15) is 0 Å². The van der Waals surface area contributed by atoms with Gasteiger partial charge in [0.25, 0.3) is 0 Å². The van der Waals surface area contributed by atoms with Gasteiger partial charge in [-0.15, -0.1) is 0 Å². The SMILES string of the molecule is CC(C)(C)C1=NCC(CBr)O1. The van der Waals surface area contributed by atoms with Crippen LogP contribution in [0.5, 0.6) is 0 Å². The van der Waals surface area contributed by atoms with Crippen molar-refractivity contribution in [2.75, 3.05) is 11.9 Å². The number of nitrogens with zero attached hydrogens (tertiary/aromatic N) is 1. The Hall–Kier alpha value is -0.0500. The summed E-state index contributed by atoms with van der Waals surface area (Å²) < 4.78 is 5.58. The van der Waals surface area contributed by atoms with E-state index in [0.717, 1.165) is 17.8 Å². The van der Waals surface area contributed by atoms with Crippen molar-refractivity contribution >= 4 is 21.8 Å². The molecule has 0 fully saturated rings. The number of hydrogen-bond acceptors (Lipinski definition) is 2. The quantitative estimate of drug-likeness (QED) is 0.621. The molecule has 1 aliphatic heterocycles. The molecule has 0 bridgehead atoms. The average Bonchev–Trinajstić information content (AvgIpc) is 2.32. The first-order valence-electron chi connectivity index (χ1n) is 3.81. The van der Waals surface area contributed by atoms with Crippen LogP contribution in [0.3, 0.4) is 0 Å². The lowest BCUT2D eigenvalue weighted by atomic mass is 9.97. The van der Waals surface area contributed by atoms with Crippen molar-refractivity contribution in [2.24, 2.45) is 10.4 Å². The van der Waals surface area contributed by atoms with Gasteiger partial charge in [0.05, 0.1) is 6.54 Å². The Morgan fingerprint density at radius 2 is 2.27 bits per heavy atom. The van der Waals surface area contributed by atoms with E-state index in [4.69, 9.17) is 4.74 Å². The van der Waals surface area contributed by atoms with Gasteiger partial charge in [-0.25, -0.2) is 0 Å². The molecule has 0 aromatic heterocycles. The minimum absolute atomic E-state index is 0.0664. The van der Waals surface area contributed by atoms with Gasteiger partial charge >= 0.3 is 0 Å². The molecule has 0 saturated heterocycles. The lowest BCUT2D eigenvalue weighted by Gasteiger charge is -2.19. The maximum atomic E-state index is 5.58. The lowest BCUT2D eigenvalue weighted by Crippen LogP contribution is -2.24. The molecule has 1 rings (SSSR count). The summed E-state index contributed by atoms with van der Waals surface area (Å²) >= 11 is 3.37. The second-order valence-corrected chi connectivity index (χ2v) is 4.44. The highest BCUT2D eigenvalue weighted by molar-refractivity contribution is 9.09. The van der Waals surface area contributed by atoms with Gasteiger partial charge in [0, 0.05) is 10.7 Å². The Labute approximate surface area is 76.2 Å². The van der Waals surface area contributed by atoms with E-state index >= 15 is 0 Å². The molecule has 1 heterocycles. The first kappa shape index (κ1) is 9.04. The van der Waals surface area contributed by atoms with E-state index in [2.05, 4.69) is 41.7 Å². The van der Waals surface area contributed by atoms with Crippen molar-refractivity contribution in [2.45, 2.75) is 26.9 Å². The van der Waals surface area contributed by atoms with E-state index in [9.17, 15) is 0 Å². The van der Waals surface area contributed by atoms with Crippen LogP contribution in [0, 0.1) is 5.41 Å². The molecule has 1 aliphatic rings. The summed E-state index contributed by atoms with van der Waals surface area (Å²) in [7, 11) is 0. The Morgan fingerprint density at radius 3 is 2.55 bits per heavy atom. The number of rotatable bonds is 1. The number of ether oxygens (including phenoxy) is 1. The Morgan fingerprint density at radius 1 is 1.64 bits per heavy atom. The standard InChI is InChI=1S/C8H14BrNO/c1-8(2,3)7-10-5-6(4-9)11-7/h6H,4-5H2,1-3H3. The van der Waals surface area contributed by atoms with Gasteiger partial charge in [-0.3, -0.25) is 4.99 Å². The van der Waals surface area contributed by atoms with Crippen molar-refractivity contribution < 1.29 is 4.74 Å². The van der Waals surface area contributed by atoms with Crippen molar-refractivity contribution in [3.63, 3.8) is 0 Å². The van der Waals surface area contributed by atoms with Crippen LogP contribution in [-0.2, 0) is 4.74 Å². The maximum Gasteiger partial charge on any atom is 0.189 e. The molecule has 1 unspecified atom stereocenters. The first-order valence-corrected chi connectivity index (χ1v) is 4.93. The van der Waals surface area contributed by atoms with E-state index in [1.54, 1.807) is 0 Å². The topological polar surface area (TPSA) is 21.6 Å². The highest BCUT2D eigenvalue weighted by Crippen LogP contribution is 2.22. The van der Waals surface area contributed by atoms with Crippen molar-refractivity contribution in [1.29, 1.82) is 0 Å². The number of alkyl halides is 1. The zero-order valence-electron chi connectivity index (χ0n) is 7.22. The molecule has 3 heteroatoms. The predicted molar refractivity (Wildman–Crippen MR) is 50.4 cm³/mol. The molecule has 0 amide bonds. The van der Waals surface area contributed by atoms with Crippen molar-refractivity contribution in [3.05, 3.63) is 0 Å². The van der Waals surface area contributed by atoms with Crippen LogP contribution in [0.4, 0.5) is 0 Å². The summed E-state index contributed by atoms with van der Waals surface area (Å²) in [5.74, 6) is 0.891. The maximum absolute atomic E-state index is 5.58. The number of hydrogen-bond donors (Lipinski definition) is 0. The van der Waals surface area contributed by atoms with Crippen LogP contribution in [0.15, 0.2) is 4.99 Å². The third kappa shape index (κ3) is 2.19. The van der Waals surface area contributed by atoms with Gasteiger partial charge in [0.1, 0.15) is 6.10 Å². The summed E-state index contributed by atoms with van der Waals surface area (Å²) in [5.41, 5.74) is 0.0664. The van der Waals surface area contributed by atoms with Crippen LogP contribution < -0.4 is 0 Å². The van der Waals surface area contributed by atoms with Crippen LogP contribution in [-0.4, -0.2) is 23.9 Å².